The highest BCUT2D eigenvalue weighted by Gasteiger charge is 2.22. The molecule has 16 heavy (non-hydrogen) atoms. The second kappa shape index (κ2) is 4.56. The van der Waals surface area contributed by atoms with Crippen molar-refractivity contribution in [2.45, 2.75) is 19.4 Å². The minimum Gasteiger partial charge on any atom is -0.309 e. The van der Waals surface area contributed by atoms with Crippen molar-refractivity contribution >= 4 is 38.6 Å². The van der Waals surface area contributed by atoms with Gasteiger partial charge in [0.25, 0.3) is 0 Å². The molecule has 2 aromatic heterocycles. The molecule has 0 aromatic carbocycles. The Hall–Kier alpha value is -0.230. The minimum atomic E-state index is -0.0581. The maximum Gasteiger partial charge on any atom is 0.113 e. The number of nitrogens with one attached hydrogen (secondary N) is 1. The van der Waals surface area contributed by atoms with Crippen molar-refractivity contribution in [3.8, 4) is 10.6 Å². The molecule has 0 fully saturated rings. The monoisotopic (exact) mass is 316 g/mol. The Morgan fingerprint density at radius 1 is 1.31 bits per heavy atom. The molecule has 1 N–H and O–H groups in total. The quantitative estimate of drug-likeness (QED) is 0.922. The summed E-state index contributed by atoms with van der Waals surface area (Å²) in [5.41, 5.74) is 1.01. The van der Waals surface area contributed by atoms with Crippen LogP contribution in [-0.4, -0.2) is 12.0 Å². The molecule has 0 spiro atoms. The van der Waals surface area contributed by atoms with Gasteiger partial charge in [0.2, 0.25) is 0 Å². The molecule has 0 aliphatic heterocycles. The third-order valence-electron chi connectivity index (χ3n) is 2.48. The molecule has 2 heterocycles. The molecule has 2 aromatic rings. The smallest absolute Gasteiger partial charge is 0.113 e. The summed E-state index contributed by atoms with van der Waals surface area (Å²) < 4.78 is 1.12. The van der Waals surface area contributed by atoms with Crippen LogP contribution in [0.1, 0.15) is 18.9 Å². The van der Waals surface area contributed by atoms with Crippen LogP contribution < -0.4 is 5.32 Å². The molecule has 2 nitrogen and oxygen atoms in total. The number of thiazole rings is 1. The molecule has 0 amide bonds. The van der Waals surface area contributed by atoms with Crippen LogP contribution in [0.25, 0.3) is 10.6 Å². The average molecular weight is 317 g/mol. The fourth-order valence-electron chi connectivity index (χ4n) is 1.23. The van der Waals surface area contributed by atoms with Crippen molar-refractivity contribution in [2.75, 3.05) is 7.05 Å². The summed E-state index contributed by atoms with van der Waals surface area (Å²) in [5, 5.41) is 8.59. The number of aromatic nitrogens is 1. The zero-order valence-corrected chi connectivity index (χ0v) is 12.6. The summed E-state index contributed by atoms with van der Waals surface area (Å²) in [6.07, 6.45) is 0. The minimum absolute atomic E-state index is 0.0581. The van der Waals surface area contributed by atoms with E-state index in [4.69, 9.17) is 0 Å². The predicted octanol–water partition coefficient (Wildman–Crippen LogP) is 4.09. The summed E-state index contributed by atoms with van der Waals surface area (Å²) in [5.74, 6) is 0. The maximum atomic E-state index is 4.68. The number of halogens is 1. The first-order valence-electron chi connectivity index (χ1n) is 4.92. The highest BCUT2D eigenvalue weighted by molar-refractivity contribution is 9.10. The lowest BCUT2D eigenvalue weighted by Gasteiger charge is -2.20. The first-order chi connectivity index (χ1) is 7.53. The van der Waals surface area contributed by atoms with Crippen LogP contribution in [-0.2, 0) is 5.54 Å². The zero-order chi connectivity index (χ0) is 11.8. The summed E-state index contributed by atoms with van der Waals surface area (Å²) in [7, 11) is 1.96. The predicted molar refractivity (Wildman–Crippen MR) is 75.2 cm³/mol. The first-order valence-corrected chi connectivity index (χ1v) is 7.47. The van der Waals surface area contributed by atoms with Crippen LogP contribution in [0, 0.1) is 0 Å². The van der Waals surface area contributed by atoms with Crippen molar-refractivity contribution < 1.29 is 0 Å². The fourth-order valence-corrected chi connectivity index (χ4v) is 3.64. The van der Waals surface area contributed by atoms with Crippen molar-refractivity contribution in [3.63, 3.8) is 0 Å². The van der Waals surface area contributed by atoms with Crippen LogP contribution >= 0.6 is 38.6 Å². The number of hydrogen-bond donors (Lipinski definition) is 1. The molecule has 0 aliphatic carbocycles. The van der Waals surface area contributed by atoms with E-state index in [0.29, 0.717) is 0 Å². The van der Waals surface area contributed by atoms with E-state index in [1.54, 1.807) is 22.7 Å². The molecule has 0 unspecified atom stereocenters. The standard InChI is InChI=1S/C11H13BrN2S2/c1-11(2,13-3)10-14-8(6-16-10)9-4-7(12)5-15-9/h4-6,13H,1-3H3. The molecular formula is C11H13BrN2S2. The normalized spacial score (nSPS) is 12.0. The van der Waals surface area contributed by atoms with Crippen molar-refractivity contribution in [1.82, 2.24) is 10.3 Å². The van der Waals surface area contributed by atoms with Gasteiger partial charge in [-0.3, -0.25) is 0 Å². The molecule has 0 saturated heterocycles. The van der Waals surface area contributed by atoms with E-state index in [2.05, 4.69) is 56.9 Å². The van der Waals surface area contributed by atoms with E-state index < -0.39 is 0 Å². The third-order valence-corrected chi connectivity index (χ3v) is 5.36. The van der Waals surface area contributed by atoms with Gasteiger partial charge in [-0.15, -0.1) is 22.7 Å². The second-order valence-corrected chi connectivity index (χ2v) is 6.73. The fraction of sp³-hybridized carbons (Fsp3) is 0.364. The second-order valence-electron chi connectivity index (χ2n) is 4.04. The molecular weight excluding hydrogens is 304 g/mol. The van der Waals surface area contributed by atoms with E-state index in [1.165, 1.54) is 4.88 Å². The van der Waals surface area contributed by atoms with Gasteiger partial charge in [-0.1, -0.05) is 0 Å². The van der Waals surface area contributed by atoms with Crippen LogP contribution in [0.2, 0.25) is 0 Å². The van der Waals surface area contributed by atoms with Crippen molar-refractivity contribution in [1.29, 1.82) is 0 Å². The zero-order valence-electron chi connectivity index (χ0n) is 9.37. The molecule has 0 saturated carbocycles. The molecule has 86 valence electrons. The number of nitrogens with zero attached hydrogens (tertiary/aromatic N) is 1. The van der Waals surface area contributed by atoms with Gasteiger partial charge in [0.05, 0.1) is 16.1 Å². The lowest BCUT2D eigenvalue weighted by Crippen LogP contribution is -2.32. The average Bonchev–Trinajstić information content (AvgIpc) is 2.85. The van der Waals surface area contributed by atoms with Gasteiger partial charge in [-0.25, -0.2) is 4.98 Å². The summed E-state index contributed by atoms with van der Waals surface area (Å²) in [6.45, 7) is 4.28. The van der Waals surface area contributed by atoms with Gasteiger partial charge in [0.1, 0.15) is 5.01 Å². The van der Waals surface area contributed by atoms with E-state index in [0.717, 1.165) is 15.2 Å². The number of rotatable bonds is 3. The Morgan fingerprint density at radius 3 is 2.62 bits per heavy atom. The van der Waals surface area contributed by atoms with E-state index in [-0.39, 0.29) is 5.54 Å². The molecule has 5 heteroatoms. The van der Waals surface area contributed by atoms with Gasteiger partial charge >= 0.3 is 0 Å². The van der Waals surface area contributed by atoms with E-state index >= 15 is 0 Å². The maximum absolute atomic E-state index is 4.68. The summed E-state index contributed by atoms with van der Waals surface area (Å²) in [4.78, 5) is 5.89. The highest BCUT2D eigenvalue weighted by Crippen LogP contribution is 2.33. The topological polar surface area (TPSA) is 24.9 Å². The Labute approximate surface area is 112 Å². The molecule has 0 atom stereocenters. The van der Waals surface area contributed by atoms with Crippen molar-refractivity contribution in [3.05, 3.63) is 26.3 Å². The Balaban J connectivity index is 2.33. The van der Waals surface area contributed by atoms with Gasteiger partial charge in [-0.05, 0) is 42.9 Å². The Morgan fingerprint density at radius 2 is 2.06 bits per heavy atom. The highest BCUT2D eigenvalue weighted by atomic mass is 79.9. The third kappa shape index (κ3) is 2.37. The van der Waals surface area contributed by atoms with Gasteiger partial charge in [0.15, 0.2) is 0 Å². The SMILES string of the molecule is CNC(C)(C)c1nc(-c2cc(Br)cs2)cs1. The molecule has 0 aliphatic rings. The molecule has 0 radical (unpaired) electrons. The number of thiophene rings is 1. The van der Waals surface area contributed by atoms with E-state index in [9.17, 15) is 0 Å². The Kier molecular flexibility index (Phi) is 3.49. The van der Waals surface area contributed by atoms with E-state index in [1.807, 2.05) is 7.05 Å². The van der Waals surface area contributed by atoms with Crippen molar-refractivity contribution in [2.24, 2.45) is 0 Å². The lowest BCUT2D eigenvalue weighted by molar-refractivity contribution is 0.442. The van der Waals surface area contributed by atoms with Crippen LogP contribution in [0.5, 0.6) is 0 Å². The van der Waals surface area contributed by atoms with Crippen LogP contribution in [0.15, 0.2) is 21.3 Å². The van der Waals surface area contributed by atoms with Crippen LogP contribution in [0.4, 0.5) is 0 Å². The molecule has 0 bridgehead atoms. The number of hydrogen-bond acceptors (Lipinski definition) is 4. The lowest BCUT2D eigenvalue weighted by atomic mass is 10.1. The molecule has 2 rings (SSSR count). The van der Waals surface area contributed by atoms with Gasteiger partial charge in [-0.2, -0.15) is 0 Å². The Bertz CT molecular complexity index is 488. The largest absolute Gasteiger partial charge is 0.309 e. The summed E-state index contributed by atoms with van der Waals surface area (Å²) in [6, 6.07) is 2.11. The van der Waals surface area contributed by atoms with Crippen LogP contribution in [0.3, 0.4) is 0 Å². The summed E-state index contributed by atoms with van der Waals surface area (Å²) >= 11 is 6.88. The van der Waals surface area contributed by atoms with Gasteiger partial charge in [0, 0.05) is 15.2 Å². The first kappa shape index (κ1) is 12.2. The van der Waals surface area contributed by atoms with Gasteiger partial charge < -0.3 is 5.32 Å².